The molecule has 0 aliphatic heterocycles. The maximum Gasteiger partial charge on any atom is 0.230 e. The lowest BCUT2D eigenvalue weighted by atomic mass is 9.94. The molecule has 20 heavy (non-hydrogen) atoms. The Morgan fingerprint density at radius 2 is 1.85 bits per heavy atom. The second-order valence-electron chi connectivity index (χ2n) is 6.25. The van der Waals surface area contributed by atoms with Gasteiger partial charge in [0.1, 0.15) is 5.82 Å². The number of aliphatic hydroxyl groups excluding tert-OH is 1. The largest absolute Gasteiger partial charge is 0.396 e. The summed E-state index contributed by atoms with van der Waals surface area (Å²) < 4.78 is 13.0. The fourth-order valence-electron chi connectivity index (χ4n) is 2.91. The van der Waals surface area contributed by atoms with Gasteiger partial charge in [-0.15, -0.1) is 0 Å². The molecule has 4 heteroatoms. The number of carbonyl (C=O) groups is 1. The number of aliphatic hydroxyl groups is 1. The lowest BCUT2D eigenvalue weighted by molar-refractivity contribution is -0.123. The molecule has 3 nitrogen and oxygen atoms in total. The van der Waals surface area contributed by atoms with Crippen molar-refractivity contribution < 1.29 is 14.3 Å². The second kappa shape index (κ2) is 4.85. The summed E-state index contributed by atoms with van der Waals surface area (Å²) >= 11 is 0. The van der Waals surface area contributed by atoms with Gasteiger partial charge in [0, 0.05) is 13.2 Å². The van der Waals surface area contributed by atoms with Crippen molar-refractivity contribution in [3.05, 3.63) is 35.6 Å². The van der Waals surface area contributed by atoms with Crippen LogP contribution in [0, 0.1) is 11.2 Å². The average molecular weight is 277 g/mol. The van der Waals surface area contributed by atoms with E-state index in [2.05, 4.69) is 5.32 Å². The Hall–Kier alpha value is -1.42. The minimum Gasteiger partial charge on any atom is -0.396 e. The predicted octanol–water partition coefficient (Wildman–Crippen LogP) is 2.14. The molecular weight excluding hydrogens is 257 g/mol. The van der Waals surface area contributed by atoms with Crippen LogP contribution in [0.4, 0.5) is 4.39 Å². The lowest BCUT2D eigenvalue weighted by Gasteiger charge is -2.19. The highest BCUT2D eigenvalue weighted by molar-refractivity contribution is 5.91. The van der Waals surface area contributed by atoms with Crippen LogP contribution < -0.4 is 5.32 Å². The molecule has 2 N–H and O–H groups in total. The number of hydrogen-bond donors (Lipinski definition) is 2. The molecule has 3 rings (SSSR count). The number of amides is 1. The van der Waals surface area contributed by atoms with Gasteiger partial charge in [-0.05, 0) is 55.2 Å². The summed E-state index contributed by atoms with van der Waals surface area (Å²) in [5.74, 6) is -0.224. The number of halogens is 1. The van der Waals surface area contributed by atoms with Gasteiger partial charge in [0.25, 0.3) is 0 Å². The van der Waals surface area contributed by atoms with Crippen molar-refractivity contribution in [2.45, 2.75) is 37.5 Å². The molecule has 0 heterocycles. The highest BCUT2D eigenvalue weighted by atomic mass is 19.1. The van der Waals surface area contributed by atoms with E-state index >= 15 is 0 Å². The summed E-state index contributed by atoms with van der Waals surface area (Å²) in [7, 11) is 0. The monoisotopic (exact) mass is 277 g/mol. The molecule has 1 aromatic rings. The van der Waals surface area contributed by atoms with Crippen LogP contribution in [0.25, 0.3) is 0 Å². The molecule has 0 aromatic heterocycles. The minimum absolute atomic E-state index is 0.0494. The maximum atomic E-state index is 13.0. The zero-order valence-corrected chi connectivity index (χ0v) is 11.5. The molecule has 1 aromatic carbocycles. The van der Waals surface area contributed by atoms with Gasteiger partial charge < -0.3 is 10.4 Å². The van der Waals surface area contributed by atoms with Crippen molar-refractivity contribution in [1.29, 1.82) is 0 Å². The van der Waals surface area contributed by atoms with E-state index in [1.54, 1.807) is 12.1 Å². The van der Waals surface area contributed by atoms with Gasteiger partial charge in [-0.3, -0.25) is 4.79 Å². The smallest absolute Gasteiger partial charge is 0.230 e. The van der Waals surface area contributed by atoms with Crippen LogP contribution in [0.2, 0.25) is 0 Å². The lowest BCUT2D eigenvalue weighted by Crippen LogP contribution is -2.38. The zero-order chi connectivity index (χ0) is 14.2. The summed E-state index contributed by atoms with van der Waals surface area (Å²) in [4.78, 5) is 12.4. The molecule has 0 radical (unpaired) electrons. The third-order valence-electron chi connectivity index (χ3n) is 4.80. The van der Waals surface area contributed by atoms with Crippen molar-refractivity contribution in [3.8, 4) is 0 Å². The molecule has 108 valence electrons. The van der Waals surface area contributed by atoms with E-state index in [1.165, 1.54) is 12.1 Å². The van der Waals surface area contributed by atoms with E-state index in [-0.39, 0.29) is 23.7 Å². The molecule has 2 saturated carbocycles. The average Bonchev–Trinajstić information content (AvgIpc) is 3.33. The summed E-state index contributed by atoms with van der Waals surface area (Å²) in [6.07, 6.45) is 4.58. The van der Waals surface area contributed by atoms with Gasteiger partial charge in [-0.1, -0.05) is 12.1 Å². The fourth-order valence-corrected chi connectivity index (χ4v) is 2.91. The number of carbonyl (C=O) groups excluding carboxylic acids is 1. The van der Waals surface area contributed by atoms with Crippen LogP contribution in [0.15, 0.2) is 24.3 Å². The van der Waals surface area contributed by atoms with Crippen LogP contribution in [-0.4, -0.2) is 24.2 Å². The van der Waals surface area contributed by atoms with Gasteiger partial charge in [0.15, 0.2) is 0 Å². The minimum atomic E-state index is -0.441. The number of nitrogens with one attached hydrogen (secondary N) is 1. The molecule has 2 aliphatic carbocycles. The van der Waals surface area contributed by atoms with Crippen molar-refractivity contribution in [2.75, 3.05) is 13.2 Å². The third-order valence-corrected chi connectivity index (χ3v) is 4.80. The van der Waals surface area contributed by atoms with E-state index in [4.69, 9.17) is 5.11 Å². The Labute approximate surface area is 118 Å². The fraction of sp³-hybridized carbons (Fsp3) is 0.562. The molecule has 0 saturated heterocycles. The molecule has 2 aliphatic rings. The predicted molar refractivity (Wildman–Crippen MR) is 73.7 cm³/mol. The first-order chi connectivity index (χ1) is 9.60. The molecule has 0 bridgehead atoms. The van der Waals surface area contributed by atoms with Crippen molar-refractivity contribution in [2.24, 2.45) is 5.41 Å². The standard InChI is InChI=1S/C16H20FNO2/c17-13-3-1-12(2-4-13)16(7-8-16)14(20)18-11-15(5-6-15)9-10-19/h1-4,19H,5-11H2,(H,18,20). The molecule has 0 unspecified atom stereocenters. The molecular formula is C16H20FNO2. The molecule has 2 fully saturated rings. The first-order valence-electron chi connectivity index (χ1n) is 7.26. The summed E-state index contributed by atoms with van der Waals surface area (Å²) in [6.45, 7) is 0.828. The van der Waals surface area contributed by atoms with Gasteiger partial charge in [0.05, 0.1) is 5.41 Å². The molecule has 0 atom stereocenters. The third kappa shape index (κ3) is 2.44. The Kier molecular flexibility index (Phi) is 3.28. The topological polar surface area (TPSA) is 49.3 Å². The van der Waals surface area contributed by atoms with E-state index in [0.717, 1.165) is 37.7 Å². The Bertz CT molecular complexity index is 504. The van der Waals surface area contributed by atoms with Gasteiger partial charge in [0.2, 0.25) is 5.91 Å². The summed E-state index contributed by atoms with van der Waals surface area (Å²) in [6, 6.07) is 6.25. The Morgan fingerprint density at radius 1 is 1.20 bits per heavy atom. The van der Waals surface area contributed by atoms with E-state index in [0.29, 0.717) is 6.54 Å². The molecule has 0 spiro atoms. The van der Waals surface area contributed by atoms with Crippen molar-refractivity contribution in [1.82, 2.24) is 5.32 Å². The van der Waals surface area contributed by atoms with Crippen LogP contribution in [0.5, 0.6) is 0 Å². The maximum absolute atomic E-state index is 13.0. The van der Waals surface area contributed by atoms with Gasteiger partial charge >= 0.3 is 0 Å². The van der Waals surface area contributed by atoms with Gasteiger partial charge in [-0.25, -0.2) is 4.39 Å². The van der Waals surface area contributed by atoms with E-state index in [1.807, 2.05) is 0 Å². The van der Waals surface area contributed by atoms with Gasteiger partial charge in [-0.2, -0.15) is 0 Å². The summed E-state index contributed by atoms with van der Waals surface area (Å²) in [5.41, 5.74) is 0.593. The summed E-state index contributed by atoms with van der Waals surface area (Å²) in [5, 5.41) is 12.1. The zero-order valence-electron chi connectivity index (χ0n) is 11.5. The second-order valence-corrected chi connectivity index (χ2v) is 6.25. The number of rotatable bonds is 6. The van der Waals surface area contributed by atoms with Crippen LogP contribution in [-0.2, 0) is 10.2 Å². The molecule has 1 amide bonds. The van der Waals surface area contributed by atoms with Crippen LogP contribution in [0.1, 0.15) is 37.7 Å². The van der Waals surface area contributed by atoms with E-state index < -0.39 is 5.41 Å². The normalized spacial score (nSPS) is 21.3. The van der Waals surface area contributed by atoms with Crippen LogP contribution >= 0.6 is 0 Å². The SMILES string of the molecule is O=C(NCC1(CCO)CC1)C1(c2ccc(F)cc2)CC1. The number of hydrogen-bond acceptors (Lipinski definition) is 2. The Morgan fingerprint density at radius 3 is 2.35 bits per heavy atom. The highest BCUT2D eigenvalue weighted by Crippen LogP contribution is 2.50. The van der Waals surface area contributed by atoms with Crippen molar-refractivity contribution >= 4 is 5.91 Å². The van der Waals surface area contributed by atoms with Crippen molar-refractivity contribution in [3.63, 3.8) is 0 Å². The quantitative estimate of drug-likeness (QED) is 0.837. The first-order valence-corrected chi connectivity index (χ1v) is 7.26. The highest BCUT2D eigenvalue weighted by Gasteiger charge is 2.52. The first kappa shape index (κ1) is 13.6. The van der Waals surface area contributed by atoms with Crippen LogP contribution in [0.3, 0.4) is 0 Å². The Balaban J connectivity index is 1.63. The number of benzene rings is 1. The van der Waals surface area contributed by atoms with E-state index in [9.17, 15) is 9.18 Å².